The first kappa shape index (κ1) is 18.9. The number of thiophene rings is 1. The summed E-state index contributed by atoms with van der Waals surface area (Å²) < 4.78 is 5.34. The first-order chi connectivity index (χ1) is 13.2. The zero-order valence-electron chi connectivity index (χ0n) is 16.0. The van der Waals surface area contributed by atoms with Crippen molar-refractivity contribution >= 4 is 23.2 Å². The lowest BCUT2D eigenvalue weighted by Crippen LogP contribution is -2.40. The third-order valence-corrected chi connectivity index (χ3v) is 7.48. The van der Waals surface area contributed by atoms with Crippen LogP contribution in [-0.4, -0.2) is 49.6 Å². The molecule has 4 rings (SSSR count). The van der Waals surface area contributed by atoms with Crippen molar-refractivity contribution in [1.82, 2.24) is 10.2 Å². The molecule has 2 aliphatic carbocycles. The lowest BCUT2D eigenvalue weighted by atomic mass is 9.86. The minimum Gasteiger partial charge on any atom is -0.378 e. The Kier molecular flexibility index (Phi) is 6.13. The van der Waals surface area contributed by atoms with Crippen LogP contribution in [0.3, 0.4) is 0 Å². The largest absolute Gasteiger partial charge is 0.378 e. The molecule has 27 heavy (non-hydrogen) atoms. The van der Waals surface area contributed by atoms with Crippen molar-refractivity contribution < 1.29 is 14.3 Å². The predicted molar refractivity (Wildman–Crippen MR) is 106 cm³/mol. The number of carbonyl (C=O) groups excluding carboxylic acids is 2. The molecular weight excluding hydrogens is 360 g/mol. The van der Waals surface area contributed by atoms with Crippen LogP contribution in [0.15, 0.2) is 6.07 Å². The lowest BCUT2D eigenvalue weighted by Gasteiger charge is -2.26. The quantitative estimate of drug-likeness (QED) is 0.860. The Balaban J connectivity index is 1.33. The monoisotopic (exact) mass is 390 g/mol. The number of morpholine rings is 1. The highest BCUT2D eigenvalue weighted by atomic mass is 32.1. The maximum Gasteiger partial charge on any atom is 0.264 e. The molecule has 2 heterocycles. The summed E-state index contributed by atoms with van der Waals surface area (Å²) >= 11 is 1.62. The van der Waals surface area contributed by atoms with Gasteiger partial charge in [0.2, 0.25) is 5.91 Å². The number of nitrogens with zero attached hydrogens (tertiary/aromatic N) is 1. The Morgan fingerprint density at radius 3 is 2.70 bits per heavy atom. The Hall–Kier alpha value is -1.40. The van der Waals surface area contributed by atoms with E-state index in [2.05, 4.69) is 5.32 Å². The van der Waals surface area contributed by atoms with E-state index in [1.54, 1.807) is 11.3 Å². The summed E-state index contributed by atoms with van der Waals surface area (Å²) in [5.74, 6) is 1.05. The van der Waals surface area contributed by atoms with E-state index in [9.17, 15) is 9.59 Å². The van der Waals surface area contributed by atoms with Crippen molar-refractivity contribution in [2.24, 2.45) is 11.8 Å². The van der Waals surface area contributed by atoms with Crippen LogP contribution in [0.25, 0.3) is 0 Å². The van der Waals surface area contributed by atoms with Crippen molar-refractivity contribution in [3.05, 3.63) is 21.4 Å². The smallest absolute Gasteiger partial charge is 0.264 e. The van der Waals surface area contributed by atoms with Gasteiger partial charge in [-0.1, -0.05) is 19.3 Å². The van der Waals surface area contributed by atoms with Gasteiger partial charge in [-0.2, -0.15) is 0 Å². The van der Waals surface area contributed by atoms with Crippen molar-refractivity contribution in [2.45, 2.75) is 51.4 Å². The molecule has 1 aromatic heterocycles. The van der Waals surface area contributed by atoms with E-state index in [0.29, 0.717) is 32.2 Å². The second kappa shape index (κ2) is 8.74. The third-order valence-electron chi connectivity index (χ3n) is 6.25. The highest BCUT2D eigenvalue weighted by molar-refractivity contribution is 7.14. The average molecular weight is 391 g/mol. The first-order valence-corrected chi connectivity index (χ1v) is 11.3. The molecule has 0 bridgehead atoms. The van der Waals surface area contributed by atoms with Crippen LogP contribution in [0, 0.1) is 11.8 Å². The summed E-state index contributed by atoms with van der Waals surface area (Å²) in [6.45, 7) is 3.44. The van der Waals surface area contributed by atoms with Crippen molar-refractivity contribution in [3.63, 3.8) is 0 Å². The fraction of sp³-hybridized carbons (Fsp3) is 0.714. The molecule has 0 spiro atoms. The molecule has 1 N–H and O–H groups in total. The molecule has 5 nitrogen and oxygen atoms in total. The van der Waals surface area contributed by atoms with Gasteiger partial charge in [0.1, 0.15) is 0 Å². The number of aryl methyl sites for hydroxylation is 1. The van der Waals surface area contributed by atoms with Crippen molar-refractivity contribution in [2.75, 3.05) is 32.8 Å². The molecule has 0 aromatic carbocycles. The topological polar surface area (TPSA) is 58.6 Å². The van der Waals surface area contributed by atoms with Gasteiger partial charge in [-0.15, -0.1) is 11.3 Å². The molecule has 6 heteroatoms. The number of carbonyl (C=O) groups is 2. The minimum atomic E-state index is 0.0574. The van der Waals surface area contributed by atoms with Gasteiger partial charge in [-0.05, 0) is 49.7 Å². The van der Waals surface area contributed by atoms with E-state index in [1.165, 1.54) is 42.5 Å². The molecule has 3 aliphatic rings. The Morgan fingerprint density at radius 1 is 1.15 bits per heavy atom. The molecule has 1 atom stereocenters. The number of amides is 2. The fourth-order valence-corrected chi connectivity index (χ4v) is 5.73. The molecule has 0 radical (unpaired) electrons. The number of ether oxygens (including phenoxy) is 1. The van der Waals surface area contributed by atoms with E-state index in [-0.39, 0.29) is 17.7 Å². The van der Waals surface area contributed by atoms with E-state index in [1.807, 2.05) is 11.0 Å². The molecule has 1 saturated heterocycles. The van der Waals surface area contributed by atoms with Crippen LogP contribution >= 0.6 is 11.3 Å². The van der Waals surface area contributed by atoms with Crippen LogP contribution in [0.5, 0.6) is 0 Å². The average Bonchev–Trinajstić information content (AvgIpc) is 3.16. The summed E-state index contributed by atoms with van der Waals surface area (Å²) in [5.41, 5.74) is 1.21. The lowest BCUT2D eigenvalue weighted by molar-refractivity contribution is -0.125. The number of nitrogens with one attached hydrogen (secondary N) is 1. The number of fused-ring (bicyclic) bond motifs is 1. The zero-order chi connectivity index (χ0) is 18.6. The highest BCUT2D eigenvalue weighted by Gasteiger charge is 2.29. The first-order valence-electron chi connectivity index (χ1n) is 10.5. The number of hydrogen-bond donors (Lipinski definition) is 1. The third kappa shape index (κ3) is 4.54. The van der Waals surface area contributed by atoms with E-state index >= 15 is 0 Å². The van der Waals surface area contributed by atoms with Gasteiger partial charge < -0.3 is 15.0 Å². The van der Waals surface area contributed by atoms with Crippen LogP contribution in [0.4, 0.5) is 0 Å². The highest BCUT2D eigenvalue weighted by Crippen LogP contribution is 2.33. The molecular formula is C21H30N2O3S. The Labute approximate surface area is 165 Å². The Bertz CT molecular complexity index is 675. The summed E-state index contributed by atoms with van der Waals surface area (Å²) in [5, 5.41) is 3.21. The second-order valence-electron chi connectivity index (χ2n) is 8.15. The second-order valence-corrected chi connectivity index (χ2v) is 9.29. The summed E-state index contributed by atoms with van der Waals surface area (Å²) in [4.78, 5) is 29.4. The van der Waals surface area contributed by atoms with Gasteiger partial charge in [0.25, 0.3) is 5.91 Å². The van der Waals surface area contributed by atoms with Gasteiger partial charge in [0, 0.05) is 30.4 Å². The SMILES string of the molecule is O=C(NCC1CCCCC1)[C@@H]1CCc2sc(C(=O)N3CCOCC3)cc2C1. The fourth-order valence-electron chi connectivity index (χ4n) is 4.56. The number of rotatable bonds is 4. The molecule has 1 aliphatic heterocycles. The van der Waals surface area contributed by atoms with Crippen molar-refractivity contribution in [1.29, 1.82) is 0 Å². The molecule has 148 valence electrons. The molecule has 2 fully saturated rings. The predicted octanol–water partition coefficient (Wildman–Crippen LogP) is 3.02. The Morgan fingerprint density at radius 2 is 1.93 bits per heavy atom. The molecule has 0 unspecified atom stereocenters. The van der Waals surface area contributed by atoms with Gasteiger partial charge in [0.05, 0.1) is 18.1 Å². The van der Waals surface area contributed by atoms with Crippen LogP contribution < -0.4 is 5.32 Å². The normalized spacial score (nSPS) is 23.7. The van der Waals surface area contributed by atoms with Crippen LogP contribution in [-0.2, 0) is 22.4 Å². The van der Waals surface area contributed by atoms with Gasteiger partial charge in [0.15, 0.2) is 0 Å². The summed E-state index contributed by atoms with van der Waals surface area (Å²) in [6, 6.07) is 2.04. The van der Waals surface area contributed by atoms with E-state index < -0.39 is 0 Å². The number of hydrogen-bond acceptors (Lipinski definition) is 4. The maximum absolute atomic E-state index is 12.7. The van der Waals surface area contributed by atoms with Gasteiger partial charge >= 0.3 is 0 Å². The summed E-state index contributed by atoms with van der Waals surface area (Å²) in [6.07, 6.45) is 9.06. The molecule has 1 saturated carbocycles. The molecule has 2 amide bonds. The van der Waals surface area contributed by atoms with Crippen LogP contribution in [0.2, 0.25) is 0 Å². The standard InChI is InChI=1S/C21H30N2O3S/c24-20(22-14-15-4-2-1-3-5-15)16-6-7-18-17(12-16)13-19(27-18)21(25)23-8-10-26-11-9-23/h13,15-16H,1-12,14H2,(H,22,24)/t16-/m1/s1. The van der Waals surface area contributed by atoms with Crippen molar-refractivity contribution in [3.8, 4) is 0 Å². The van der Waals surface area contributed by atoms with Gasteiger partial charge in [-0.3, -0.25) is 9.59 Å². The van der Waals surface area contributed by atoms with Gasteiger partial charge in [-0.25, -0.2) is 0 Å². The van der Waals surface area contributed by atoms with E-state index in [4.69, 9.17) is 4.74 Å². The molecule has 1 aromatic rings. The summed E-state index contributed by atoms with van der Waals surface area (Å²) in [7, 11) is 0. The van der Waals surface area contributed by atoms with E-state index in [0.717, 1.165) is 30.7 Å². The zero-order valence-corrected chi connectivity index (χ0v) is 16.8. The van der Waals surface area contributed by atoms with Crippen LogP contribution in [0.1, 0.15) is 58.6 Å². The minimum absolute atomic E-state index is 0.0574. The maximum atomic E-state index is 12.7.